The normalized spacial score (nSPS) is 24.7. The van der Waals surface area contributed by atoms with Gasteiger partial charge in [-0.3, -0.25) is 9.35 Å². The predicted octanol–water partition coefficient (Wildman–Crippen LogP) is 3.29. The molecule has 3 fully saturated rings. The number of esters is 1. The summed E-state index contributed by atoms with van der Waals surface area (Å²) in [6.45, 7) is 2.09. The van der Waals surface area contributed by atoms with E-state index in [1.807, 2.05) is 37.3 Å². The molecule has 0 aromatic heterocycles. The second kappa shape index (κ2) is 10.3. The number of amides is 1. The second-order valence-electron chi connectivity index (χ2n) is 9.19. The zero-order valence-corrected chi connectivity index (χ0v) is 21.1. The van der Waals surface area contributed by atoms with Crippen LogP contribution in [0.2, 0.25) is 0 Å². The third-order valence-corrected chi connectivity index (χ3v) is 9.45. The molecular formula is C25H30N2O6S2. The van der Waals surface area contributed by atoms with E-state index in [0.717, 1.165) is 36.8 Å². The van der Waals surface area contributed by atoms with Crippen molar-refractivity contribution in [2.75, 3.05) is 0 Å². The second-order valence-corrected chi connectivity index (χ2v) is 12.1. The number of nitrogens with zero attached hydrogens (tertiary/aromatic N) is 1. The van der Waals surface area contributed by atoms with Gasteiger partial charge < -0.3 is 15.4 Å². The van der Waals surface area contributed by atoms with Crippen LogP contribution in [-0.4, -0.2) is 52.0 Å². The van der Waals surface area contributed by atoms with Crippen LogP contribution in [0.25, 0.3) is 0 Å². The molecule has 1 amide bonds. The van der Waals surface area contributed by atoms with Crippen LogP contribution in [0, 0.1) is 6.92 Å². The van der Waals surface area contributed by atoms with Crippen LogP contribution in [0.5, 0.6) is 0 Å². The Hall–Kier alpha value is -2.40. The van der Waals surface area contributed by atoms with Crippen molar-refractivity contribution >= 4 is 33.8 Å². The maximum absolute atomic E-state index is 12.9. The largest absolute Gasteiger partial charge is 0.459 e. The summed E-state index contributed by atoms with van der Waals surface area (Å²) in [5.41, 5.74) is 7.87. The number of nitrogens with two attached hydrogens (primary N) is 1. The van der Waals surface area contributed by atoms with Gasteiger partial charge in [-0.15, -0.1) is 11.8 Å². The van der Waals surface area contributed by atoms with Crippen molar-refractivity contribution in [2.24, 2.45) is 5.73 Å². The van der Waals surface area contributed by atoms with Crippen molar-refractivity contribution < 1.29 is 27.3 Å². The van der Waals surface area contributed by atoms with Crippen molar-refractivity contribution in [3.8, 4) is 0 Å². The number of hydrogen-bond acceptors (Lipinski definition) is 7. The molecule has 3 N–H and O–H groups in total. The fourth-order valence-corrected chi connectivity index (χ4v) is 7.29. The number of carbonyl (C=O) groups excluding carboxylic acids is 2. The lowest BCUT2D eigenvalue weighted by Gasteiger charge is -2.42. The molecule has 35 heavy (non-hydrogen) atoms. The van der Waals surface area contributed by atoms with Gasteiger partial charge in [-0.25, -0.2) is 4.79 Å². The van der Waals surface area contributed by atoms with Gasteiger partial charge in [0.2, 0.25) is 5.91 Å². The first kappa shape index (κ1) is 25.7. The third kappa shape index (κ3) is 5.40. The topological polar surface area (TPSA) is 127 Å². The van der Waals surface area contributed by atoms with Gasteiger partial charge >= 0.3 is 5.97 Å². The van der Waals surface area contributed by atoms with Crippen LogP contribution < -0.4 is 5.73 Å². The van der Waals surface area contributed by atoms with Crippen LogP contribution >= 0.6 is 11.8 Å². The summed E-state index contributed by atoms with van der Waals surface area (Å²) < 4.78 is 34.9. The lowest BCUT2D eigenvalue weighted by atomic mass is 9.81. The minimum atomic E-state index is -4.02. The summed E-state index contributed by atoms with van der Waals surface area (Å²) in [6, 6.07) is 14.7. The summed E-state index contributed by atoms with van der Waals surface area (Å²) in [5, 5.41) is -0.0649. The van der Waals surface area contributed by atoms with E-state index in [2.05, 4.69) is 0 Å². The van der Waals surface area contributed by atoms with E-state index >= 15 is 0 Å². The minimum Gasteiger partial charge on any atom is -0.459 e. The zero-order valence-electron chi connectivity index (χ0n) is 19.5. The summed E-state index contributed by atoms with van der Waals surface area (Å²) in [4.78, 5) is 26.7. The number of fused-ring (bicyclic) bond motifs is 1. The van der Waals surface area contributed by atoms with E-state index in [1.54, 1.807) is 28.8 Å². The minimum absolute atomic E-state index is 0.0649. The lowest BCUT2D eigenvalue weighted by molar-refractivity contribution is -0.164. The molecule has 10 heteroatoms. The standard InChI is InChI=1S/C18H22N2O3S.C7H8O3S/c19-13-15(21)20-14(17(22)23-11-12-7-3-1-4-8-12)18(24-16(13)20)9-5-2-6-10-18;1-6-2-4-7(5-3-6)11(8,9)10/h1,3-4,7-8,13-14,16H,2,5-6,9-11,19H2;2-5H,1H3,(H,8,9,10)/t13?,14?,16-;/m0./s1. The van der Waals surface area contributed by atoms with Crippen molar-refractivity contribution in [2.45, 2.75) is 72.7 Å². The van der Waals surface area contributed by atoms with E-state index in [1.165, 1.54) is 18.6 Å². The maximum Gasteiger partial charge on any atom is 0.330 e. The molecule has 1 spiro atoms. The van der Waals surface area contributed by atoms with Gasteiger partial charge in [-0.1, -0.05) is 67.3 Å². The molecule has 2 aromatic rings. The van der Waals surface area contributed by atoms with Gasteiger partial charge in [0, 0.05) is 4.75 Å². The van der Waals surface area contributed by atoms with Gasteiger partial charge in [0.1, 0.15) is 24.1 Å². The number of aryl methyl sites for hydroxylation is 1. The van der Waals surface area contributed by atoms with E-state index < -0.39 is 22.2 Å². The first-order chi connectivity index (χ1) is 16.6. The molecule has 3 aliphatic rings. The van der Waals surface area contributed by atoms with E-state index in [4.69, 9.17) is 15.0 Å². The Kier molecular flexibility index (Phi) is 7.56. The van der Waals surface area contributed by atoms with E-state index in [9.17, 15) is 18.0 Å². The number of hydrogen-bond donors (Lipinski definition) is 2. The van der Waals surface area contributed by atoms with Crippen molar-refractivity contribution in [3.63, 3.8) is 0 Å². The zero-order chi connectivity index (χ0) is 25.2. The molecule has 8 nitrogen and oxygen atoms in total. The molecule has 2 aliphatic heterocycles. The van der Waals surface area contributed by atoms with E-state index in [-0.39, 0.29) is 33.5 Å². The highest BCUT2D eigenvalue weighted by atomic mass is 32.2. The quantitative estimate of drug-likeness (QED) is 0.359. The molecule has 5 rings (SSSR count). The molecule has 2 aromatic carbocycles. The lowest BCUT2D eigenvalue weighted by Crippen LogP contribution is -2.69. The third-order valence-electron chi connectivity index (χ3n) is 6.72. The van der Waals surface area contributed by atoms with Crippen molar-refractivity contribution in [1.29, 1.82) is 0 Å². The highest BCUT2D eigenvalue weighted by Gasteiger charge is 2.66. The summed E-state index contributed by atoms with van der Waals surface area (Å²) >= 11 is 1.73. The van der Waals surface area contributed by atoms with E-state index in [0.29, 0.717) is 0 Å². The van der Waals surface area contributed by atoms with Gasteiger partial charge in [0.25, 0.3) is 10.1 Å². The molecule has 1 saturated carbocycles. The Balaban J connectivity index is 0.000000221. The summed E-state index contributed by atoms with van der Waals surface area (Å²) in [7, 11) is -4.02. The first-order valence-electron chi connectivity index (χ1n) is 11.6. The Morgan fingerprint density at radius 1 is 1.11 bits per heavy atom. The Morgan fingerprint density at radius 2 is 1.74 bits per heavy atom. The van der Waals surface area contributed by atoms with Gasteiger partial charge in [-0.2, -0.15) is 8.42 Å². The first-order valence-corrected chi connectivity index (χ1v) is 13.9. The highest BCUT2D eigenvalue weighted by molar-refractivity contribution is 8.01. The van der Waals surface area contributed by atoms with Crippen LogP contribution in [0.4, 0.5) is 0 Å². The van der Waals surface area contributed by atoms with Gasteiger partial charge in [0.15, 0.2) is 0 Å². The van der Waals surface area contributed by atoms with Crippen LogP contribution in [0.1, 0.15) is 43.2 Å². The number of carbonyl (C=O) groups is 2. The Bertz CT molecular complexity index is 1160. The number of β-lactam (4-membered cyclic amide) rings is 1. The average Bonchev–Trinajstić information content (AvgIpc) is 3.14. The summed E-state index contributed by atoms with van der Waals surface area (Å²) in [6.07, 6.45) is 5.29. The predicted molar refractivity (Wildman–Crippen MR) is 133 cm³/mol. The molecule has 2 saturated heterocycles. The van der Waals surface area contributed by atoms with Crippen LogP contribution in [0.3, 0.4) is 0 Å². The average molecular weight is 519 g/mol. The van der Waals surface area contributed by atoms with Crippen molar-refractivity contribution in [1.82, 2.24) is 4.90 Å². The molecule has 3 atom stereocenters. The molecule has 188 valence electrons. The Labute approximate surface area is 210 Å². The molecule has 2 unspecified atom stereocenters. The van der Waals surface area contributed by atoms with Crippen molar-refractivity contribution in [3.05, 3.63) is 65.7 Å². The molecule has 2 heterocycles. The number of thioether (sulfide) groups is 1. The molecular weight excluding hydrogens is 488 g/mol. The molecule has 0 bridgehead atoms. The van der Waals surface area contributed by atoms with Crippen LogP contribution in [-0.2, 0) is 31.1 Å². The number of rotatable bonds is 4. The Morgan fingerprint density at radius 3 is 2.34 bits per heavy atom. The number of ether oxygens (including phenoxy) is 1. The fourth-order valence-electron chi connectivity index (χ4n) is 4.86. The fraction of sp³-hybridized carbons (Fsp3) is 0.440. The smallest absolute Gasteiger partial charge is 0.330 e. The summed E-state index contributed by atoms with van der Waals surface area (Å²) in [5.74, 6) is -0.396. The van der Waals surface area contributed by atoms with Crippen LogP contribution in [0.15, 0.2) is 59.5 Å². The number of benzene rings is 2. The van der Waals surface area contributed by atoms with Gasteiger partial charge in [-0.05, 0) is 37.5 Å². The van der Waals surface area contributed by atoms with Gasteiger partial charge in [0.05, 0.1) is 4.90 Å². The molecule has 0 radical (unpaired) electrons. The highest BCUT2D eigenvalue weighted by Crippen LogP contribution is 2.56. The monoisotopic (exact) mass is 518 g/mol. The molecule has 1 aliphatic carbocycles. The SMILES string of the molecule is Cc1ccc(S(=O)(=O)O)cc1.NC1C(=O)N2C(C(=O)OCc3ccccc3)C3(CCCCC3)S[C@@H]12. The maximum atomic E-state index is 12.9.